The van der Waals surface area contributed by atoms with Crippen molar-refractivity contribution in [3.8, 4) is 27.7 Å². The minimum Gasteiger partial charge on any atom is -0.493 e. The molecule has 0 fully saturated rings. The van der Waals surface area contributed by atoms with E-state index < -0.39 is 5.56 Å². The van der Waals surface area contributed by atoms with E-state index in [2.05, 4.69) is 25.9 Å². The predicted molar refractivity (Wildman–Crippen MR) is 88.0 cm³/mol. The van der Waals surface area contributed by atoms with E-state index in [0.29, 0.717) is 16.4 Å². The van der Waals surface area contributed by atoms with Crippen molar-refractivity contribution >= 4 is 38.9 Å². The van der Waals surface area contributed by atoms with Crippen molar-refractivity contribution in [2.45, 2.75) is 0 Å². The summed E-state index contributed by atoms with van der Waals surface area (Å²) in [5.41, 5.74) is 0.208. The molecule has 0 amide bonds. The summed E-state index contributed by atoms with van der Waals surface area (Å²) in [6.45, 7) is 0. The number of nitrogens with one attached hydrogen (secondary N) is 1. The van der Waals surface area contributed by atoms with Gasteiger partial charge in [-0.15, -0.1) is 11.3 Å². The molecule has 0 aliphatic carbocycles. The van der Waals surface area contributed by atoms with Crippen LogP contribution in [-0.4, -0.2) is 15.1 Å². The first kappa shape index (κ1) is 14.3. The highest BCUT2D eigenvalue weighted by molar-refractivity contribution is 9.10. The van der Waals surface area contributed by atoms with E-state index in [0.717, 1.165) is 9.35 Å². The second-order valence-electron chi connectivity index (χ2n) is 4.22. The maximum absolute atomic E-state index is 12.3. The molecular formula is C14H8BrClN2O2S. The Morgan fingerprint density at radius 2 is 2.14 bits per heavy atom. The van der Waals surface area contributed by atoms with Gasteiger partial charge in [-0.1, -0.05) is 23.7 Å². The monoisotopic (exact) mass is 382 g/mol. The van der Waals surface area contributed by atoms with E-state index in [1.165, 1.54) is 11.3 Å². The molecule has 0 spiro atoms. The third-order valence-corrected chi connectivity index (χ3v) is 4.93. The summed E-state index contributed by atoms with van der Waals surface area (Å²) in [5.74, 6) is 0.00136. The molecule has 106 valence electrons. The molecule has 7 heteroatoms. The SMILES string of the molecule is O=c1[nH]c(-c2sccc2Br)nc(O)c1-c1cccc(Cl)c1. The van der Waals surface area contributed by atoms with Crippen LogP contribution in [0.1, 0.15) is 0 Å². The lowest BCUT2D eigenvalue weighted by atomic mass is 10.1. The largest absolute Gasteiger partial charge is 0.493 e. The van der Waals surface area contributed by atoms with Crippen LogP contribution in [-0.2, 0) is 0 Å². The van der Waals surface area contributed by atoms with Crippen molar-refractivity contribution in [1.82, 2.24) is 9.97 Å². The van der Waals surface area contributed by atoms with Gasteiger partial charge in [-0.05, 0) is 45.1 Å². The number of benzene rings is 1. The van der Waals surface area contributed by atoms with Crippen LogP contribution in [0.3, 0.4) is 0 Å². The van der Waals surface area contributed by atoms with Crippen LogP contribution < -0.4 is 5.56 Å². The predicted octanol–water partition coefficient (Wildman–Crippen LogP) is 4.29. The van der Waals surface area contributed by atoms with E-state index in [1.807, 2.05) is 11.4 Å². The van der Waals surface area contributed by atoms with Gasteiger partial charge in [0.25, 0.3) is 5.56 Å². The molecule has 2 aromatic heterocycles. The summed E-state index contributed by atoms with van der Waals surface area (Å²) in [7, 11) is 0. The molecular weight excluding hydrogens is 376 g/mol. The van der Waals surface area contributed by atoms with E-state index in [9.17, 15) is 9.90 Å². The molecule has 0 aliphatic rings. The second-order valence-corrected chi connectivity index (χ2v) is 6.43. The molecule has 2 N–H and O–H groups in total. The minimum atomic E-state index is -0.417. The third-order valence-electron chi connectivity index (χ3n) is 2.85. The molecule has 0 atom stereocenters. The lowest BCUT2D eigenvalue weighted by molar-refractivity contribution is 0.454. The van der Waals surface area contributed by atoms with Gasteiger partial charge in [0.05, 0.1) is 4.88 Å². The number of H-pyrrole nitrogens is 1. The minimum absolute atomic E-state index is 0.105. The fraction of sp³-hybridized carbons (Fsp3) is 0. The summed E-state index contributed by atoms with van der Waals surface area (Å²) < 4.78 is 0.811. The first-order valence-corrected chi connectivity index (χ1v) is 7.94. The van der Waals surface area contributed by atoms with Crippen molar-refractivity contribution < 1.29 is 5.11 Å². The van der Waals surface area contributed by atoms with E-state index in [-0.39, 0.29) is 11.4 Å². The Morgan fingerprint density at radius 1 is 1.33 bits per heavy atom. The van der Waals surface area contributed by atoms with E-state index in [1.54, 1.807) is 24.3 Å². The zero-order chi connectivity index (χ0) is 15.0. The van der Waals surface area contributed by atoms with Crippen LogP contribution >= 0.6 is 38.9 Å². The van der Waals surface area contributed by atoms with Gasteiger partial charge in [0.15, 0.2) is 5.82 Å². The maximum atomic E-state index is 12.3. The molecule has 4 nitrogen and oxygen atoms in total. The Labute approximate surface area is 137 Å². The average Bonchev–Trinajstić information content (AvgIpc) is 2.84. The summed E-state index contributed by atoms with van der Waals surface area (Å²) in [4.78, 5) is 19.8. The molecule has 1 aromatic carbocycles. The number of thiophene rings is 1. The van der Waals surface area contributed by atoms with Gasteiger partial charge < -0.3 is 10.1 Å². The Morgan fingerprint density at radius 3 is 2.76 bits per heavy atom. The smallest absolute Gasteiger partial charge is 0.262 e. The Bertz CT molecular complexity index is 875. The van der Waals surface area contributed by atoms with Crippen molar-refractivity contribution in [3.63, 3.8) is 0 Å². The molecule has 0 saturated heterocycles. The second kappa shape index (κ2) is 5.63. The molecule has 0 radical (unpaired) electrons. The van der Waals surface area contributed by atoms with Gasteiger partial charge in [-0.2, -0.15) is 4.98 Å². The van der Waals surface area contributed by atoms with Crippen molar-refractivity contribution in [2.75, 3.05) is 0 Å². The summed E-state index contributed by atoms with van der Waals surface area (Å²) in [6, 6.07) is 8.55. The number of nitrogens with zero attached hydrogens (tertiary/aromatic N) is 1. The van der Waals surface area contributed by atoms with Crippen LogP contribution in [0.25, 0.3) is 21.8 Å². The molecule has 0 aliphatic heterocycles. The molecule has 0 bridgehead atoms. The fourth-order valence-electron chi connectivity index (χ4n) is 1.94. The number of aromatic hydroxyl groups is 1. The Kier molecular flexibility index (Phi) is 3.84. The number of halogens is 2. The van der Waals surface area contributed by atoms with E-state index >= 15 is 0 Å². The van der Waals surface area contributed by atoms with Crippen molar-refractivity contribution in [1.29, 1.82) is 0 Å². The quantitative estimate of drug-likeness (QED) is 0.694. The zero-order valence-corrected chi connectivity index (χ0v) is 13.6. The first-order chi connectivity index (χ1) is 10.1. The van der Waals surface area contributed by atoms with E-state index in [4.69, 9.17) is 11.6 Å². The van der Waals surface area contributed by atoms with Gasteiger partial charge in [0.1, 0.15) is 5.56 Å². The Hall–Kier alpha value is -1.63. The molecule has 2 heterocycles. The van der Waals surface area contributed by atoms with Gasteiger partial charge in [-0.25, -0.2) is 0 Å². The standard InChI is InChI=1S/C14H8BrClN2O2S/c15-9-4-5-21-11(9)12-17-13(19)10(14(20)18-12)7-2-1-3-8(16)6-7/h1-6H,(H2,17,18,19,20). The van der Waals surface area contributed by atoms with Crippen LogP contribution in [0.4, 0.5) is 0 Å². The molecule has 21 heavy (non-hydrogen) atoms. The summed E-state index contributed by atoms with van der Waals surface area (Å²) >= 11 is 10.7. The Balaban J connectivity index is 2.18. The van der Waals surface area contributed by atoms with Gasteiger partial charge in [-0.3, -0.25) is 4.79 Å². The van der Waals surface area contributed by atoms with Crippen LogP contribution in [0.2, 0.25) is 5.02 Å². The number of rotatable bonds is 2. The van der Waals surface area contributed by atoms with Crippen molar-refractivity contribution in [2.24, 2.45) is 0 Å². The van der Waals surface area contributed by atoms with Crippen LogP contribution in [0, 0.1) is 0 Å². The van der Waals surface area contributed by atoms with Gasteiger partial charge in [0.2, 0.25) is 5.88 Å². The summed E-state index contributed by atoms with van der Waals surface area (Å²) in [6.07, 6.45) is 0. The van der Waals surface area contributed by atoms with Gasteiger partial charge in [0, 0.05) is 9.50 Å². The number of aromatic nitrogens is 2. The number of hydrogen-bond acceptors (Lipinski definition) is 4. The molecule has 0 unspecified atom stereocenters. The van der Waals surface area contributed by atoms with Crippen molar-refractivity contribution in [3.05, 3.63) is 55.6 Å². The molecule has 3 aromatic rings. The highest BCUT2D eigenvalue weighted by Gasteiger charge is 2.16. The average molecular weight is 384 g/mol. The maximum Gasteiger partial charge on any atom is 0.262 e. The molecule has 0 saturated carbocycles. The highest BCUT2D eigenvalue weighted by atomic mass is 79.9. The fourth-order valence-corrected chi connectivity index (χ4v) is 3.63. The number of hydrogen-bond donors (Lipinski definition) is 2. The first-order valence-electron chi connectivity index (χ1n) is 5.89. The number of aromatic amines is 1. The lowest BCUT2D eigenvalue weighted by Gasteiger charge is -2.06. The third kappa shape index (κ3) is 2.74. The lowest BCUT2D eigenvalue weighted by Crippen LogP contribution is -2.11. The van der Waals surface area contributed by atoms with Gasteiger partial charge >= 0.3 is 0 Å². The normalized spacial score (nSPS) is 10.8. The van der Waals surface area contributed by atoms with Crippen LogP contribution in [0.15, 0.2) is 45.0 Å². The topological polar surface area (TPSA) is 66.0 Å². The highest BCUT2D eigenvalue weighted by Crippen LogP contribution is 2.33. The molecule has 3 rings (SSSR count). The zero-order valence-electron chi connectivity index (χ0n) is 10.4. The van der Waals surface area contributed by atoms with Crippen LogP contribution in [0.5, 0.6) is 5.88 Å². The summed E-state index contributed by atoms with van der Waals surface area (Å²) in [5, 5.41) is 12.5.